The zero-order chi connectivity index (χ0) is 17.1. The van der Waals surface area contributed by atoms with Gasteiger partial charge in [-0.15, -0.1) is 0 Å². The first-order valence-corrected chi connectivity index (χ1v) is 7.58. The van der Waals surface area contributed by atoms with Crippen molar-refractivity contribution in [3.05, 3.63) is 60.9 Å². The summed E-state index contributed by atoms with van der Waals surface area (Å²) in [6.07, 6.45) is 1.94. The molecule has 2 heterocycles. The number of carbonyl (C=O) groups is 1. The lowest BCUT2D eigenvalue weighted by Crippen LogP contribution is -1.98. The number of fused-ring (bicyclic) bond motifs is 1. The number of H-pyrrole nitrogens is 1. The monoisotopic (exact) mass is 331 g/mol. The highest BCUT2D eigenvalue weighted by Crippen LogP contribution is 2.31. The van der Waals surface area contributed by atoms with E-state index in [-0.39, 0.29) is 0 Å². The van der Waals surface area contributed by atoms with E-state index in [0.717, 1.165) is 22.8 Å². The van der Waals surface area contributed by atoms with Gasteiger partial charge < -0.3 is 10.1 Å². The van der Waals surface area contributed by atoms with E-state index in [4.69, 9.17) is 4.74 Å². The molecule has 7 nitrogen and oxygen atoms in total. The number of carbonyl (C=O) groups excluding carboxylic acids is 1. The second kappa shape index (κ2) is 6.40. The smallest absolute Gasteiger partial charge is 0.212 e. The predicted octanol–water partition coefficient (Wildman–Crippen LogP) is 3.38. The quantitative estimate of drug-likeness (QED) is 0.547. The number of benzene rings is 2. The number of anilines is 1. The van der Waals surface area contributed by atoms with Crippen LogP contribution in [0.5, 0.6) is 11.5 Å². The minimum absolute atomic E-state index is 0.411. The lowest BCUT2D eigenvalue weighted by molar-refractivity contribution is -0.105. The number of rotatable bonds is 5. The van der Waals surface area contributed by atoms with Gasteiger partial charge in [-0.1, -0.05) is 18.2 Å². The number of para-hydroxylation sites is 1. The van der Waals surface area contributed by atoms with Crippen LogP contribution in [0.3, 0.4) is 0 Å². The number of hydrogen-bond acceptors (Lipinski definition) is 5. The Labute approximate surface area is 142 Å². The van der Waals surface area contributed by atoms with Gasteiger partial charge in [-0.05, 0) is 36.4 Å². The molecule has 2 N–H and O–H groups in total. The van der Waals surface area contributed by atoms with Crippen LogP contribution in [0.25, 0.3) is 22.3 Å². The zero-order valence-electron chi connectivity index (χ0n) is 13.0. The minimum atomic E-state index is 0.411. The van der Waals surface area contributed by atoms with Crippen LogP contribution in [0.2, 0.25) is 0 Å². The Morgan fingerprint density at radius 3 is 2.48 bits per heavy atom. The van der Waals surface area contributed by atoms with Crippen LogP contribution >= 0.6 is 0 Å². The van der Waals surface area contributed by atoms with Gasteiger partial charge >= 0.3 is 0 Å². The van der Waals surface area contributed by atoms with Crippen molar-refractivity contribution in [2.45, 2.75) is 0 Å². The molecule has 0 radical (unpaired) electrons. The third-order valence-corrected chi connectivity index (χ3v) is 3.67. The first-order valence-electron chi connectivity index (χ1n) is 7.58. The molecule has 122 valence electrons. The summed E-state index contributed by atoms with van der Waals surface area (Å²) in [4.78, 5) is 19.0. The van der Waals surface area contributed by atoms with Crippen molar-refractivity contribution in [3.63, 3.8) is 0 Å². The molecule has 4 rings (SSSR count). The van der Waals surface area contributed by atoms with Crippen molar-refractivity contribution in [2.75, 3.05) is 5.32 Å². The Bertz CT molecular complexity index is 1010. The highest BCUT2D eigenvalue weighted by Gasteiger charge is 2.14. The van der Waals surface area contributed by atoms with Crippen molar-refractivity contribution in [3.8, 4) is 22.8 Å². The van der Waals surface area contributed by atoms with Gasteiger partial charge in [-0.3, -0.25) is 9.89 Å². The van der Waals surface area contributed by atoms with E-state index in [1.165, 1.54) is 6.33 Å². The number of ether oxygens (including phenoxy) is 1. The Hall–Kier alpha value is -3.74. The van der Waals surface area contributed by atoms with E-state index in [9.17, 15) is 4.79 Å². The first kappa shape index (κ1) is 14.8. The average Bonchev–Trinajstić information content (AvgIpc) is 3.09. The van der Waals surface area contributed by atoms with Gasteiger partial charge in [0.15, 0.2) is 5.65 Å². The summed E-state index contributed by atoms with van der Waals surface area (Å²) in [5.41, 5.74) is 2.09. The van der Waals surface area contributed by atoms with E-state index >= 15 is 0 Å². The predicted molar refractivity (Wildman–Crippen MR) is 93.3 cm³/mol. The van der Waals surface area contributed by atoms with Crippen LogP contribution in [0.4, 0.5) is 5.82 Å². The van der Waals surface area contributed by atoms with Crippen LogP contribution in [0.1, 0.15) is 0 Å². The number of nitrogens with one attached hydrogen (secondary N) is 2. The Morgan fingerprint density at radius 1 is 0.960 bits per heavy atom. The van der Waals surface area contributed by atoms with Gasteiger partial charge in [0.05, 0.1) is 11.1 Å². The molecule has 2 aromatic carbocycles. The fraction of sp³-hybridized carbons (Fsp3) is 0. The third-order valence-electron chi connectivity index (χ3n) is 3.67. The SMILES string of the molecule is O=CNc1ncnc2n[nH]c(-c3ccc(Oc4ccccc4)cc3)c12. The summed E-state index contributed by atoms with van der Waals surface area (Å²) in [7, 11) is 0. The number of amides is 1. The van der Waals surface area contributed by atoms with Crippen molar-refractivity contribution in [1.29, 1.82) is 0 Å². The van der Waals surface area contributed by atoms with Crippen molar-refractivity contribution < 1.29 is 9.53 Å². The first-order chi connectivity index (χ1) is 12.3. The number of aromatic nitrogens is 4. The molecule has 0 atom stereocenters. The highest BCUT2D eigenvalue weighted by atomic mass is 16.5. The maximum Gasteiger partial charge on any atom is 0.212 e. The summed E-state index contributed by atoms with van der Waals surface area (Å²) in [6, 6.07) is 17.1. The summed E-state index contributed by atoms with van der Waals surface area (Å²) >= 11 is 0. The topological polar surface area (TPSA) is 92.8 Å². The second-order valence-corrected chi connectivity index (χ2v) is 5.22. The molecule has 1 amide bonds. The van der Waals surface area contributed by atoms with Crippen molar-refractivity contribution in [2.24, 2.45) is 0 Å². The molecule has 0 saturated heterocycles. The van der Waals surface area contributed by atoms with E-state index in [0.29, 0.717) is 23.3 Å². The van der Waals surface area contributed by atoms with E-state index in [2.05, 4.69) is 25.5 Å². The largest absolute Gasteiger partial charge is 0.457 e. The number of hydrogen-bond donors (Lipinski definition) is 2. The molecule has 0 fully saturated rings. The normalized spacial score (nSPS) is 10.6. The maximum absolute atomic E-state index is 10.8. The molecule has 4 aromatic rings. The van der Waals surface area contributed by atoms with E-state index in [1.807, 2.05) is 54.6 Å². The Morgan fingerprint density at radius 2 is 1.72 bits per heavy atom. The van der Waals surface area contributed by atoms with Gasteiger partial charge in [0.2, 0.25) is 6.41 Å². The lowest BCUT2D eigenvalue weighted by atomic mass is 10.1. The van der Waals surface area contributed by atoms with Crippen molar-refractivity contribution >= 4 is 23.3 Å². The zero-order valence-corrected chi connectivity index (χ0v) is 13.0. The van der Waals surface area contributed by atoms with Gasteiger partial charge in [0.1, 0.15) is 23.6 Å². The molecular weight excluding hydrogens is 318 g/mol. The standard InChI is InChI=1S/C18H13N5O2/c24-11-21-17-15-16(22-23-18(15)20-10-19-17)12-6-8-14(9-7-12)25-13-4-2-1-3-5-13/h1-11H,(H2,19,20,21,22,23,24). The Kier molecular flexibility index (Phi) is 3.80. The van der Waals surface area contributed by atoms with Gasteiger partial charge in [-0.25, -0.2) is 9.97 Å². The van der Waals surface area contributed by atoms with E-state index in [1.54, 1.807) is 0 Å². The van der Waals surface area contributed by atoms with Gasteiger partial charge in [-0.2, -0.15) is 5.10 Å². The molecule has 0 spiro atoms. The van der Waals surface area contributed by atoms with Gasteiger partial charge in [0, 0.05) is 5.56 Å². The van der Waals surface area contributed by atoms with Crippen LogP contribution in [-0.2, 0) is 4.79 Å². The molecule has 0 unspecified atom stereocenters. The lowest BCUT2D eigenvalue weighted by Gasteiger charge is -2.07. The fourth-order valence-corrected chi connectivity index (χ4v) is 2.54. The molecule has 0 aliphatic rings. The maximum atomic E-state index is 10.8. The Balaban J connectivity index is 1.68. The third kappa shape index (κ3) is 2.90. The van der Waals surface area contributed by atoms with Crippen molar-refractivity contribution in [1.82, 2.24) is 20.2 Å². The van der Waals surface area contributed by atoms with Crippen LogP contribution in [0.15, 0.2) is 60.9 Å². The molecule has 2 aromatic heterocycles. The molecule has 0 saturated carbocycles. The molecule has 0 bridgehead atoms. The van der Waals surface area contributed by atoms with E-state index < -0.39 is 0 Å². The number of aromatic amines is 1. The molecule has 0 aliphatic heterocycles. The molecule has 25 heavy (non-hydrogen) atoms. The van der Waals surface area contributed by atoms with Crippen LogP contribution in [-0.4, -0.2) is 26.6 Å². The molecule has 0 aliphatic carbocycles. The molecular formula is C18H13N5O2. The summed E-state index contributed by atoms with van der Waals surface area (Å²) < 4.78 is 5.79. The number of nitrogens with zero attached hydrogens (tertiary/aromatic N) is 3. The molecule has 7 heteroatoms. The summed E-state index contributed by atoms with van der Waals surface area (Å²) in [5, 5.41) is 10.3. The van der Waals surface area contributed by atoms with Gasteiger partial charge in [0.25, 0.3) is 0 Å². The fourth-order valence-electron chi connectivity index (χ4n) is 2.54. The summed E-state index contributed by atoms with van der Waals surface area (Å²) in [6.45, 7) is 0. The van der Waals surface area contributed by atoms with Crippen LogP contribution < -0.4 is 10.1 Å². The highest BCUT2D eigenvalue weighted by molar-refractivity contribution is 6.00. The second-order valence-electron chi connectivity index (χ2n) is 5.22. The summed E-state index contributed by atoms with van der Waals surface area (Å²) in [5.74, 6) is 1.91. The van der Waals surface area contributed by atoms with Crippen LogP contribution in [0, 0.1) is 0 Å². The average molecular weight is 331 g/mol. The minimum Gasteiger partial charge on any atom is -0.457 e.